The van der Waals surface area contributed by atoms with E-state index in [0.717, 1.165) is 5.56 Å². The van der Waals surface area contributed by atoms with E-state index in [1.165, 1.54) is 7.11 Å². The molecule has 0 unspecified atom stereocenters. The number of para-hydroxylation sites is 2. The van der Waals surface area contributed by atoms with E-state index >= 15 is 0 Å². The van der Waals surface area contributed by atoms with E-state index in [1.54, 1.807) is 54.2 Å². The summed E-state index contributed by atoms with van der Waals surface area (Å²) in [5.74, 6) is 1.25. The van der Waals surface area contributed by atoms with Gasteiger partial charge in [-0.25, -0.2) is 4.79 Å². The number of hydrogen-bond donors (Lipinski definition) is 2. The first kappa shape index (κ1) is 20.4. The summed E-state index contributed by atoms with van der Waals surface area (Å²) in [6.07, 6.45) is -0.0110. The van der Waals surface area contributed by atoms with E-state index in [-0.39, 0.29) is 17.9 Å². The topological polar surface area (TPSA) is 115 Å². The Labute approximate surface area is 171 Å². The fourth-order valence-electron chi connectivity index (χ4n) is 2.51. The van der Waals surface area contributed by atoms with Crippen molar-refractivity contribution in [1.29, 1.82) is 0 Å². The maximum atomic E-state index is 12.2. The molecule has 9 heteroatoms. The Morgan fingerprint density at radius 3 is 2.62 bits per heavy atom. The summed E-state index contributed by atoms with van der Waals surface area (Å²) in [5, 5.41) is 15.5. The molecule has 29 heavy (non-hydrogen) atoms. The normalized spacial score (nSPS) is 10.5. The van der Waals surface area contributed by atoms with Crippen LogP contribution in [0.4, 0.5) is 5.69 Å². The number of rotatable bonds is 9. The van der Waals surface area contributed by atoms with Crippen LogP contribution in [0.1, 0.15) is 27.6 Å². The molecule has 0 aliphatic rings. The van der Waals surface area contributed by atoms with Crippen molar-refractivity contribution in [3.05, 3.63) is 71.4 Å². The summed E-state index contributed by atoms with van der Waals surface area (Å²) in [4.78, 5) is 27.3. The van der Waals surface area contributed by atoms with Gasteiger partial charge in [0.25, 0.3) is 0 Å². The van der Waals surface area contributed by atoms with Crippen LogP contribution >= 0.6 is 11.8 Å². The summed E-state index contributed by atoms with van der Waals surface area (Å²) in [5.41, 5.74) is 1.83. The zero-order chi connectivity index (χ0) is 20.6. The predicted octanol–water partition coefficient (Wildman–Crippen LogP) is 3.39. The number of carbonyl (C=O) groups excluding carboxylic acids is 1. The molecule has 3 aromatic rings. The van der Waals surface area contributed by atoms with Gasteiger partial charge in [0.1, 0.15) is 5.75 Å². The molecule has 8 nitrogen and oxygen atoms in total. The minimum atomic E-state index is -0.947. The number of ether oxygens (including phenoxy) is 1. The number of amides is 1. The molecular weight excluding hydrogens is 394 g/mol. The monoisotopic (exact) mass is 413 g/mol. The molecule has 1 aromatic heterocycles. The van der Waals surface area contributed by atoms with E-state index < -0.39 is 5.97 Å². The lowest BCUT2D eigenvalue weighted by Gasteiger charge is -2.08. The van der Waals surface area contributed by atoms with Gasteiger partial charge in [-0.1, -0.05) is 29.4 Å². The highest BCUT2D eigenvalue weighted by Crippen LogP contribution is 2.23. The minimum absolute atomic E-state index is 0.0110. The number of methoxy groups -OCH3 is 1. The van der Waals surface area contributed by atoms with Crippen LogP contribution in [0.5, 0.6) is 5.75 Å². The average Bonchev–Trinajstić information content (AvgIpc) is 3.15. The number of aromatic nitrogens is 2. The molecule has 0 aliphatic carbocycles. The second kappa shape index (κ2) is 9.74. The Balaban J connectivity index is 1.47. The molecule has 0 bridgehead atoms. The number of nitrogens with zero attached hydrogens (tertiary/aromatic N) is 2. The molecule has 0 atom stereocenters. The van der Waals surface area contributed by atoms with E-state index in [1.807, 2.05) is 6.07 Å². The van der Waals surface area contributed by atoms with Crippen molar-refractivity contribution < 1.29 is 24.0 Å². The highest BCUT2D eigenvalue weighted by atomic mass is 32.2. The van der Waals surface area contributed by atoms with Crippen LogP contribution in [-0.2, 0) is 22.7 Å². The van der Waals surface area contributed by atoms with Crippen LogP contribution in [-0.4, -0.2) is 34.2 Å². The lowest BCUT2D eigenvalue weighted by atomic mass is 10.1. The van der Waals surface area contributed by atoms with Gasteiger partial charge in [0.2, 0.25) is 11.8 Å². The summed E-state index contributed by atoms with van der Waals surface area (Å²) >= 11 is 1.55. The second-order valence-electron chi connectivity index (χ2n) is 6.02. The quantitative estimate of drug-likeness (QED) is 0.549. The zero-order valence-electron chi connectivity index (χ0n) is 15.6. The molecule has 1 amide bonds. The SMILES string of the molecule is COc1ccccc1NC(=O)Cc1noc(CSCc2ccc(C(=O)O)cc2)n1. The van der Waals surface area contributed by atoms with Gasteiger partial charge in [-0.05, 0) is 29.8 Å². The Morgan fingerprint density at radius 2 is 1.90 bits per heavy atom. The molecule has 2 aromatic carbocycles. The molecule has 0 saturated heterocycles. The largest absolute Gasteiger partial charge is 0.495 e. The maximum Gasteiger partial charge on any atom is 0.335 e. The van der Waals surface area contributed by atoms with E-state index in [9.17, 15) is 9.59 Å². The molecule has 2 N–H and O–H groups in total. The molecule has 0 aliphatic heterocycles. The third-order valence-electron chi connectivity index (χ3n) is 3.91. The maximum absolute atomic E-state index is 12.2. The van der Waals surface area contributed by atoms with Crippen molar-refractivity contribution in [1.82, 2.24) is 10.1 Å². The number of aromatic carboxylic acids is 1. The first-order valence-corrected chi connectivity index (χ1v) is 9.85. The highest BCUT2D eigenvalue weighted by molar-refractivity contribution is 7.97. The number of carboxylic acids is 1. The van der Waals surface area contributed by atoms with Crippen molar-refractivity contribution in [2.45, 2.75) is 17.9 Å². The zero-order valence-corrected chi connectivity index (χ0v) is 16.4. The summed E-state index contributed by atoms with van der Waals surface area (Å²) in [6.45, 7) is 0. The number of carbonyl (C=O) groups is 2. The fourth-order valence-corrected chi connectivity index (χ4v) is 3.33. The first-order valence-electron chi connectivity index (χ1n) is 8.69. The third-order valence-corrected chi connectivity index (χ3v) is 4.89. The average molecular weight is 413 g/mol. The molecular formula is C20H19N3O5S. The third kappa shape index (κ3) is 5.82. The summed E-state index contributed by atoms with van der Waals surface area (Å²) < 4.78 is 10.4. The molecule has 3 rings (SSSR count). The number of hydrogen-bond acceptors (Lipinski definition) is 7. The Kier molecular flexibility index (Phi) is 6.85. The van der Waals surface area contributed by atoms with E-state index in [2.05, 4.69) is 15.5 Å². The first-order chi connectivity index (χ1) is 14.0. The van der Waals surface area contributed by atoms with Gasteiger partial charge in [0, 0.05) is 5.75 Å². The highest BCUT2D eigenvalue weighted by Gasteiger charge is 2.13. The van der Waals surface area contributed by atoms with Crippen molar-refractivity contribution in [3.8, 4) is 5.75 Å². The molecule has 0 fully saturated rings. The number of benzene rings is 2. The fraction of sp³-hybridized carbons (Fsp3) is 0.200. The van der Waals surface area contributed by atoms with Crippen LogP contribution in [0.25, 0.3) is 0 Å². The molecule has 0 spiro atoms. The molecule has 150 valence electrons. The van der Waals surface area contributed by atoms with Gasteiger partial charge in [-0.2, -0.15) is 4.98 Å². The van der Waals surface area contributed by atoms with Crippen molar-refractivity contribution in [2.75, 3.05) is 12.4 Å². The second-order valence-corrected chi connectivity index (χ2v) is 7.01. The molecule has 0 radical (unpaired) electrons. The standard InChI is InChI=1S/C20H19N3O5S/c1-27-16-5-3-2-4-15(16)21-18(24)10-17-22-19(28-23-17)12-29-11-13-6-8-14(9-7-13)20(25)26/h2-9H,10-12H2,1H3,(H,21,24)(H,25,26). The predicted molar refractivity (Wildman–Crippen MR) is 108 cm³/mol. The van der Waals surface area contributed by atoms with Gasteiger partial charge in [-0.3, -0.25) is 4.79 Å². The molecule has 1 heterocycles. The van der Waals surface area contributed by atoms with Gasteiger partial charge < -0.3 is 19.7 Å². The van der Waals surface area contributed by atoms with E-state index in [0.29, 0.717) is 34.7 Å². The summed E-state index contributed by atoms with van der Waals surface area (Å²) in [7, 11) is 1.54. The number of carboxylic acid groups (broad SMARTS) is 1. The molecule has 0 saturated carbocycles. The van der Waals surface area contributed by atoms with Crippen LogP contribution in [0.3, 0.4) is 0 Å². The van der Waals surface area contributed by atoms with Gasteiger partial charge in [-0.15, -0.1) is 11.8 Å². The van der Waals surface area contributed by atoms with Gasteiger partial charge >= 0.3 is 5.97 Å². The lowest BCUT2D eigenvalue weighted by Crippen LogP contribution is -2.15. The van der Waals surface area contributed by atoms with Gasteiger partial charge in [0.05, 0.1) is 30.5 Å². The van der Waals surface area contributed by atoms with E-state index in [4.69, 9.17) is 14.4 Å². The number of nitrogens with one attached hydrogen (secondary N) is 1. The van der Waals surface area contributed by atoms with Crippen molar-refractivity contribution in [3.63, 3.8) is 0 Å². The lowest BCUT2D eigenvalue weighted by molar-refractivity contribution is -0.115. The van der Waals surface area contributed by atoms with Crippen LogP contribution in [0.2, 0.25) is 0 Å². The van der Waals surface area contributed by atoms with Gasteiger partial charge in [0.15, 0.2) is 5.82 Å². The Hall–Kier alpha value is -3.33. The van der Waals surface area contributed by atoms with Crippen LogP contribution in [0.15, 0.2) is 53.1 Å². The van der Waals surface area contributed by atoms with Crippen LogP contribution in [0, 0.1) is 0 Å². The smallest absolute Gasteiger partial charge is 0.335 e. The number of thioether (sulfide) groups is 1. The minimum Gasteiger partial charge on any atom is -0.495 e. The van der Waals surface area contributed by atoms with Crippen molar-refractivity contribution >= 4 is 29.3 Å². The Bertz CT molecular complexity index is 988. The van der Waals surface area contributed by atoms with Crippen LogP contribution < -0.4 is 10.1 Å². The van der Waals surface area contributed by atoms with Crippen molar-refractivity contribution in [2.24, 2.45) is 0 Å². The number of anilines is 1. The Morgan fingerprint density at radius 1 is 1.14 bits per heavy atom. The summed E-state index contributed by atoms with van der Waals surface area (Å²) in [6, 6.07) is 13.8.